The van der Waals surface area contributed by atoms with Crippen LogP contribution in [0.15, 0.2) is 60.8 Å². The van der Waals surface area contributed by atoms with Gasteiger partial charge >= 0.3 is 0 Å². The largest absolute Gasteiger partial charge is 0.394 e. The molecule has 0 saturated carbocycles. The van der Waals surface area contributed by atoms with Crippen molar-refractivity contribution < 1.29 is 39.8 Å². The molecule has 0 radical (unpaired) electrons. The molecule has 6 N–H and O–H groups in total. The first-order valence-electron chi connectivity index (χ1n) is 33.5. The first-order valence-corrected chi connectivity index (χ1v) is 33.5. The molecule has 0 spiro atoms. The number of amides is 1. The number of carbonyl (C=O) groups excluding carboxylic acids is 1. The quantitative estimate of drug-likeness (QED) is 0.0261. The molecule has 1 fully saturated rings. The van der Waals surface area contributed by atoms with E-state index in [1.807, 2.05) is 6.08 Å². The molecule has 1 saturated heterocycles. The normalized spacial score (nSPS) is 19.0. The number of hydrogen-bond donors (Lipinski definition) is 6. The van der Waals surface area contributed by atoms with E-state index in [-0.39, 0.29) is 12.5 Å². The predicted octanol–water partition coefficient (Wildman–Crippen LogP) is 17.8. The number of aliphatic hydroxyl groups is 5. The molecule has 1 heterocycles. The number of carbonyl (C=O) groups is 1. The summed E-state index contributed by atoms with van der Waals surface area (Å²) < 4.78 is 11.3. The molecule has 1 amide bonds. The number of ether oxygens (including phenoxy) is 2. The van der Waals surface area contributed by atoms with Crippen molar-refractivity contribution in [3.8, 4) is 0 Å². The highest BCUT2D eigenvalue weighted by Crippen LogP contribution is 2.23. The first-order chi connectivity index (χ1) is 38.3. The number of allylic oxidation sites excluding steroid dienone is 9. The Bertz CT molecular complexity index is 1410. The van der Waals surface area contributed by atoms with Crippen LogP contribution in [0.1, 0.15) is 316 Å². The zero-order valence-electron chi connectivity index (χ0n) is 50.9. The third-order valence-electron chi connectivity index (χ3n) is 15.8. The van der Waals surface area contributed by atoms with Crippen LogP contribution in [0, 0.1) is 0 Å². The number of unbranched alkanes of at least 4 members (excludes halogenated alkanes) is 40. The molecule has 1 aliphatic rings. The lowest BCUT2D eigenvalue weighted by Gasteiger charge is -2.40. The van der Waals surface area contributed by atoms with E-state index in [2.05, 4.69) is 67.8 Å². The third kappa shape index (κ3) is 46.5. The van der Waals surface area contributed by atoms with E-state index in [0.717, 1.165) is 51.4 Å². The Morgan fingerprint density at radius 1 is 0.436 bits per heavy atom. The Labute approximate surface area is 481 Å². The van der Waals surface area contributed by atoms with Crippen molar-refractivity contribution in [2.45, 2.75) is 358 Å². The lowest BCUT2D eigenvalue weighted by atomic mass is 9.99. The summed E-state index contributed by atoms with van der Waals surface area (Å²) in [5.74, 6) is -0.184. The Kier molecular flexibility index (Phi) is 55.0. The summed E-state index contributed by atoms with van der Waals surface area (Å²) >= 11 is 0. The van der Waals surface area contributed by atoms with Crippen LogP contribution in [0.25, 0.3) is 0 Å². The van der Waals surface area contributed by atoms with E-state index in [9.17, 15) is 30.3 Å². The van der Waals surface area contributed by atoms with Crippen LogP contribution in [-0.4, -0.2) is 87.5 Å². The Morgan fingerprint density at radius 2 is 0.769 bits per heavy atom. The van der Waals surface area contributed by atoms with Gasteiger partial charge in [-0.2, -0.15) is 0 Å². The van der Waals surface area contributed by atoms with Gasteiger partial charge < -0.3 is 40.3 Å². The highest BCUT2D eigenvalue weighted by Gasteiger charge is 2.44. The maximum Gasteiger partial charge on any atom is 0.220 e. The Morgan fingerprint density at radius 3 is 1.17 bits per heavy atom. The van der Waals surface area contributed by atoms with E-state index in [1.54, 1.807) is 6.08 Å². The second-order valence-electron chi connectivity index (χ2n) is 23.3. The molecule has 1 aliphatic heterocycles. The summed E-state index contributed by atoms with van der Waals surface area (Å²) in [6, 6.07) is -0.825. The summed E-state index contributed by atoms with van der Waals surface area (Å²) in [5.41, 5.74) is 0. The maximum atomic E-state index is 13.1. The van der Waals surface area contributed by atoms with E-state index in [0.29, 0.717) is 6.42 Å². The minimum atomic E-state index is -1.57. The van der Waals surface area contributed by atoms with Crippen molar-refractivity contribution in [2.75, 3.05) is 13.2 Å². The van der Waals surface area contributed by atoms with Crippen LogP contribution in [0.4, 0.5) is 0 Å². The van der Waals surface area contributed by atoms with Crippen LogP contribution in [-0.2, 0) is 14.3 Å². The van der Waals surface area contributed by atoms with E-state index in [1.165, 1.54) is 244 Å². The van der Waals surface area contributed by atoms with Gasteiger partial charge in [-0.15, -0.1) is 0 Å². The van der Waals surface area contributed by atoms with Crippen molar-refractivity contribution in [2.24, 2.45) is 0 Å². The number of hydrogen-bond acceptors (Lipinski definition) is 8. The smallest absolute Gasteiger partial charge is 0.220 e. The second-order valence-corrected chi connectivity index (χ2v) is 23.3. The molecule has 0 aromatic heterocycles. The molecule has 1 rings (SSSR count). The van der Waals surface area contributed by atoms with Crippen LogP contribution < -0.4 is 5.32 Å². The van der Waals surface area contributed by atoms with Gasteiger partial charge in [0.05, 0.1) is 25.4 Å². The fraction of sp³-hybridized carbons (Fsp3) is 0.841. The van der Waals surface area contributed by atoms with Crippen LogP contribution in [0.2, 0.25) is 0 Å². The average Bonchev–Trinajstić information content (AvgIpc) is 3.45. The molecule has 7 atom stereocenters. The summed E-state index contributed by atoms with van der Waals surface area (Å²) in [7, 11) is 0. The van der Waals surface area contributed by atoms with Crippen LogP contribution in [0.5, 0.6) is 0 Å². The van der Waals surface area contributed by atoms with Crippen molar-refractivity contribution >= 4 is 5.91 Å². The SMILES string of the molecule is CCCCCCC/C=C\C/C=C\C/C=C\CCCCCCCCCCCCCCCCCCC(=O)NC(COC1OC(CO)C(O)C(O)C1O)C(O)/C=C/CC/C=C/CCCCCCCCCCCCCCCCCCCC. The minimum Gasteiger partial charge on any atom is -0.394 e. The molecule has 0 aliphatic carbocycles. The lowest BCUT2D eigenvalue weighted by Crippen LogP contribution is -2.60. The van der Waals surface area contributed by atoms with Crippen LogP contribution in [0.3, 0.4) is 0 Å². The van der Waals surface area contributed by atoms with Gasteiger partial charge in [-0.3, -0.25) is 4.79 Å². The molecular weight excluding hydrogens is 971 g/mol. The van der Waals surface area contributed by atoms with Crippen molar-refractivity contribution in [1.29, 1.82) is 0 Å². The maximum absolute atomic E-state index is 13.1. The zero-order valence-corrected chi connectivity index (χ0v) is 50.9. The molecule has 456 valence electrons. The van der Waals surface area contributed by atoms with Crippen LogP contribution >= 0.6 is 0 Å². The number of aliphatic hydroxyl groups excluding tert-OH is 5. The van der Waals surface area contributed by atoms with E-state index >= 15 is 0 Å². The first kappa shape index (κ1) is 73.9. The van der Waals surface area contributed by atoms with Gasteiger partial charge in [0.2, 0.25) is 5.91 Å². The van der Waals surface area contributed by atoms with Crippen molar-refractivity contribution in [3.63, 3.8) is 0 Å². The highest BCUT2D eigenvalue weighted by atomic mass is 16.7. The summed E-state index contributed by atoms with van der Waals surface area (Å²) in [6.07, 6.45) is 73.1. The highest BCUT2D eigenvalue weighted by molar-refractivity contribution is 5.76. The topological polar surface area (TPSA) is 149 Å². The molecule has 9 nitrogen and oxygen atoms in total. The molecule has 78 heavy (non-hydrogen) atoms. The molecule has 0 aromatic carbocycles. The zero-order chi connectivity index (χ0) is 56.5. The van der Waals surface area contributed by atoms with Crippen molar-refractivity contribution in [3.05, 3.63) is 60.8 Å². The lowest BCUT2D eigenvalue weighted by molar-refractivity contribution is -0.302. The predicted molar refractivity (Wildman–Crippen MR) is 332 cm³/mol. The average molecular weight is 1100 g/mol. The molecule has 0 aromatic rings. The van der Waals surface area contributed by atoms with Gasteiger partial charge in [-0.05, 0) is 70.6 Å². The van der Waals surface area contributed by atoms with Gasteiger partial charge in [-0.25, -0.2) is 0 Å². The third-order valence-corrected chi connectivity index (χ3v) is 15.8. The number of nitrogens with one attached hydrogen (secondary N) is 1. The monoisotopic (exact) mass is 1100 g/mol. The second kappa shape index (κ2) is 58.1. The summed E-state index contributed by atoms with van der Waals surface area (Å²) in [4.78, 5) is 13.1. The fourth-order valence-corrected chi connectivity index (χ4v) is 10.5. The van der Waals surface area contributed by atoms with Gasteiger partial charge in [0.1, 0.15) is 24.4 Å². The van der Waals surface area contributed by atoms with Gasteiger partial charge in [-0.1, -0.05) is 299 Å². The fourth-order valence-electron chi connectivity index (χ4n) is 10.5. The molecular formula is C69H127NO8. The summed E-state index contributed by atoms with van der Waals surface area (Å²) in [5, 5.41) is 54.7. The van der Waals surface area contributed by atoms with E-state index < -0.39 is 49.5 Å². The van der Waals surface area contributed by atoms with Crippen molar-refractivity contribution in [1.82, 2.24) is 5.32 Å². The molecule has 0 bridgehead atoms. The summed E-state index contributed by atoms with van der Waals surface area (Å²) in [6.45, 7) is 3.79. The minimum absolute atomic E-state index is 0.184. The van der Waals surface area contributed by atoms with E-state index in [4.69, 9.17) is 9.47 Å². The van der Waals surface area contributed by atoms with Gasteiger partial charge in [0.15, 0.2) is 6.29 Å². The Balaban J connectivity index is 2.17. The number of rotatable bonds is 58. The standard InChI is InChI=1S/C69H127NO8/c1-3-5-7-9-11-13-15-17-19-21-23-25-27-29-30-31-32-33-34-35-37-39-41-43-45-47-49-51-53-55-57-59-65(73)70-62(61-77-69-68(76)67(75)66(74)64(60-71)78-69)63(72)58-56-54-52-50-48-46-44-42-40-38-36-28-26-24-22-20-18-16-14-12-10-8-6-4-2/h15,17,21,23,27,29,48,50,56,58,62-64,66-69,71-72,74-76H,3-14,16,18-20,22,24-26,28,30-47,49,51-55,57,59-61H2,1-2H3,(H,70,73)/b17-15-,23-21-,29-27-,50-48+,58-56+. The van der Waals surface area contributed by atoms with Gasteiger partial charge in [0, 0.05) is 6.42 Å². The van der Waals surface area contributed by atoms with Gasteiger partial charge in [0.25, 0.3) is 0 Å². The molecule has 7 unspecified atom stereocenters. The Hall–Kier alpha value is -2.11. The molecule has 9 heteroatoms.